The van der Waals surface area contributed by atoms with Gasteiger partial charge in [-0.3, -0.25) is 9.59 Å². The highest BCUT2D eigenvalue weighted by molar-refractivity contribution is 5.97. The molecule has 310 valence electrons. The Balaban J connectivity index is 0.999. The Morgan fingerprint density at radius 3 is 1.75 bits per heavy atom. The molecule has 59 heavy (non-hydrogen) atoms. The van der Waals surface area contributed by atoms with Crippen LogP contribution in [0, 0.1) is 17.8 Å². The van der Waals surface area contributed by atoms with Crippen LogP contribution in [0.1, 0.15) is 99.6 Å². The second kappa shape index (κ2) is 16.5. The van der Waals surface area contributed by atoms with Crippen molar-refractivity contribution in [3.8, 4) is 33.6 Å². The van der Waals surface area contributed by atoms with E-state index >= 15 is 0 Å². The van der Waals surface area contributed by atoms with Crippen LogP contribution in [-0.4, -0.2) is 93.3 Å². The maximum atomic E-state index is 13.8. The van der Waals surface area contributed by atoms with Crippen molar-refractivity contribution >= 4 is 30.2 Å². The summed E-state index contributed by atoms with van der Waals surface area (Å²) in [6.07, 6.45) is 6.88. The first kappa shape index (κ1) is 40.0. The number of nitrogens with one attached hydrogen (secondary N) is 3. The van der Waals surface area contributed by atoms with Gasteiger partial charge in [0, 0.05) is 41.8 Å². The summed E-state index contributed by atoms with van der Waals surface area (Å²) in [5, 5.41) is 2.73. The van der Waals surface area contributed by atoms with Gasteiger partial charge < -0.3 is 34.6 Å². The topological polar surface area (TPSA) is 175 Å². The number of H-pyrrole nitrogens is 2. The Hall–Kier alpha value is -5.79. The summed E-state index contributed by atoms with van der Waals surface area (Å²) in [5.41, 5.74) is 11.1. The lowest BCUT2D eigenvalue weighted by atomic mass is 9.87. The number of aliphatic imine (C=N–C) groups is 1. The highest BCUT2D eigenvalue weighted by atomic mass is 16.5. The number of alkyl carbamates (subject to hydrolysis) is 1. The third kappa shape index (κ3) is 7.65. The number of carbonyl (C=O) groups is 4. The van der Waals surface area contributed by atoms with E-state index in [4.69, 9.17) is 14.7 Å². The maximum absolute atomic E-state index is 13.8. The molecule has 4 amide bonds. The molecule has 4 heterocycles. The summed E-state index contributed by atoms with van der Waals surface area (Å²) in [6.45, 7) is 8.99. The van der Waals surface area contributed by atoms with Gasteiger partial charge in [-0.05, 0) is 85.5 Å². The van der Waals surface area contributed by atoms with Gasteiger partial charge in [-0.25, -0.2) is 19.6 Å². The van der Waals surface area contributed by atoms with Crippen molar-refractivity contribution < 1.29 is 28.7 Å². The molecule has 14 nitrogen and oxygen atoms in total. The van der Waals surface area contributed by atoms with Gasteiger partial charge in [0.05, 0.1) is 43.6 Å². The van der Waals surface area contributed by atoms with E-state index in [1.54, 1.807) is 0 Å². The Labute approximate surface area is 344 Å². The molecule has 0 radical (unpaired) electrons. The fourth-order valence-electron chi connectivity index (χ4n) is 9.34. The van der Waals surface area contributed by atoms with Crippen molar-refractivity contribution in [2.45, 2.75) is 97.2 Å². The van der Waals surface area contributed by atoms with Crippen LogP contribution in [0.15, 0.2) is 41.4 Å². The van der Waals surface area contributed by atoms with Gasteiger partial charge in [0.2, 0.25) is 11.8 Å². The zero-order valence-electron chi connectivity index (χ0n) is 34.8. The van der Waals surface area contributed by atoms with Crippen molar-refractivity contribution in [2.24, 2.45) is 22.7 Å². The molecular weight excluding hydrogens is 749 g/mol. The summed E-state index contributed by atoms with van der Waals surface area (Å²) in [4.78, 5) is 76.4. The lowest BCUT2D eigenvalue weighted by molar-refractivity contribution is -0.136. The smallest absolute Gasteiger partial charge is 0.432 e. The van der Waals surface area contributed by atoms with Crippen molar-refractivity contribution in [3.63, 3.8) is 0 Å². The number of methoxy groups -OCH3 is 2. The third-order valence-corrected chi connectivity index (χ3v) is 12.5. The van der Waals surface area contributed by atoms with E-state index in [1.165, 1.54) is 31.6 Å². The number of fused-ring (bicyclic) bond motifs is 6. The highest BCUT2D eigenvalue weighted by Crippen LogP contribution is 2.41. The van der Waals surface area contributed by atoms with E-state index in [0.29, 0.717) is 13.1 Å². The van der Waals surface area contributed by atoms with E-state index in [1.807, 2.05) is 37.5 Å². The standard InChI is InChI=1S/C45H54N8O6/c1-24(2)32(23-46-44(56)58-5)42(54)52-19-7-9-35(52)40-47-33-17-13-28-21-26(11-15-30(28)38(33)49-40)27-12-16-31-29(22-27)14-18-34-39(31)50-41(48-34)36-10-8-20-53(36)43(55)37(25(3)4)51-45(57)59-6/h11-12,15-16,21-25,32,35-37H,7-10,13-14,17-20H2,1-6H3,(H,47,49)(H,48,50)(H,51,57)/b46-23+/t32?,35-,36-,37-/m0/s1. The first-order valence-electron chi connectivity index (χ1n) is 21.0. The maximum Gasteiger partial charge on any atom is 0.432 e. The van der Waals surface area contributed by atoms with Crippen molar-refractivity contribution in [1.29, 1.82) is 0 Å². The molecule has 8 rings (SSSR count). The zero-order valence-corrected chi connectivity index (χ0v) is 34.8. The molecule has 2 aliphatic heterocycles. The minimum absolute atomic E-state index is 0.0386. The van der Waals surface area contributed by atoms with Crippen LogP contribution in [-0.2, 0) is 44.7 Å². The predicted octanol–water partition coefficient (Wildman–Crippen LogP) is 7.15. The number of nitrogens with zero attached hydrogens (tertiary/aromatic N) is 5. The lowest BCUT2D eigenvalue weighted by Crippen LogP contribution is -2.51. The fraction of sp³-hybridized carbons (Fsp3) is 0.489. The second-order valence-corrected chi connectivity index (χ2v) is 16.9. The van der Waals surface area contributed by atoms with Gasteiger partial charge >= 0.3 is 12.2 Å². The number of hydrogen-bond acceptors (Lipinski definition) is 8. The Morgan fingerprint density at radius 1 is 0.746 bits per heavy atom. The largest absolute Gasteiger partial charge is 0.453 e. The number of aromatic nitrogens is 4. The quantitative estimate of drug-likeness (QED) is 0.150. The SMILES string of the molecule is COC(=O)/N=C/C(C(=O)N1CCC[C@H]1c1nc2c([nH]1)CCc1cc(-c3ccc4c(c3)CCc3[nH]c([C@@H]5CCCN5C(=O)[C@@H](NC(=O)OC)C(C)C)nc3-4)ccc1-2)C(C)C. The van der Waals surface area contributed by atoms with Gasteiger partial charge in [0.1, 0.15) is 17.7 Å². The summed E-state index contributed by atoms with van der Waals surface area (Å²) in [6, 6.07) is 12.3. The number of benzene rings is 2. The molecule has 4 aliphatic rings. The van der Waals surface area contributed by atoms with E-state index in [0.717, 1.165) is 108 Å². The van der Waals surface area contributed by atoms with Crippen LogP contribution in [0.5, 0.6) is 0 Å². The number of aromatic amines is 2. The molecular formula is C45H54N8O6. The molecule has 2 saturated heterocycles. The molecule has 4 atom stereocenters. The van der Waals surface area contributed by atoms with Crippen LogP contribution in [0.4, 0.5) is 9.59 Å². The minimum Gasteiger partial charge on any atom is -0.453 e. The van der Waals surface area contributed by atoms with Crippen LogP contribution in [0.3, 0.4) is 0 Å². The average molecular weight is 803 g/mol. The van der Waals surface area contributed by atoms with Gasteiger partial charge in [-0.1, -0.05) is 64.1 Å². The third-order valence-electron chi connectivity index (χ3n) is 12.5. The Morgan fingerprint density at radius 2 is 1.27 bits per heavy atom. The summed E-state index contributed by atoms with van der Waals surface area (Å²) in [7, 11) is 2.58. The number of rotatable bonds is 9. The van der Waals surface area contributed by atoms with E-state index in [9.17, 15) is 19.2 Å². The molecule has 14 heteroatoms. The molecule has 0 spiro atoms. The van der Waals surface area contributed by atoms with Crippen LogP contribution in [0.25, 0.3) is 33.6 Å². The minimum atomic E-state index is -0.715. The second-order valence-electron chi connectivity index (χ2n) is 16.9. The number of imidazole rings is 2. The van der Waals surface area contributed by atoms with Gasteiger partial charge in [-0.2, -0.15) is 4.99 Å². The van der Waals surface area contributed by atoms with Gasteiger partial charge in [-0.15, -0.1) is 0 Å². The van der Waals surface area contributed by atoms with E-state index in [-0.39, 0.29) is 35.7 Å². The highest BCUT2D eigenvalue weighted by Gasteiger charge is 2.39. The van der Waals surface area contributed by atoms with Crippen molar-refractivity contribution in [3.05, 3.63) is 70.6 Å². The number of amides is 4. The Bertz CT molecular complexity index is 2310. The number of carbonyl (C=O) groups excluding carboxylic acids is 4. The number of likely N-dealkylation sites (tertiary alicyclic amines) is 2. The fourth-order valence-corrected chi connectivity index (χ4v) is 9.34. The van der Waals surface area contributed by atoms with E-state index < -0.39 is 24.1 Å². The molecule has 4 aromatic rings. The van der Waals surface area contributed by atoms with Gasteiger partial charge in [0.25, 0.3) is 0 Å². The zero-order chi connectivity index (χ0) is 41.5. The molecule has 2 aliphatic carbocycles. The van der Waals surface area contributed by atoms with Gasteiger partial charge in [0.15, 0.2) is 0 Å². The molecule has 1 unspecified atom stereocenters. The number of hydrogen-bond donors (Lipinski definition) is 3. The molecule has 3 N–H and O–H groups in total. The molecule has 2 aromatic heterocycles. The van der Waals surface area contributed by atoms with Crippen LogP contribution in [0.2, 0.25) is 0 Å². The van der Waals surface area contributed by atoms with E-state index in [2.05, 4.69) is 61.4 Å². The Kier molecular flexibility index (Phi) is 11.2. The normalized spacial score (nSPS) is 19.3. The molecule has 2 aromatic carbocycles. The van der Waals surface area contributed by atoms with Crippen molar-refractivity contribution in [2.75, 3.05) is 27.3 Å². The molecule has 0 bridgehead atoms. The summed E-state index contributed by atoms with van der Waals surface area (Å²) < 4.78 is 9.46. The summed E-state index contributed by atoms with van der Waals surface area (Å²) >= 11 is 0. The van der Waals surface area contributed by atoms with Crippen LogP contribution >= 0.6 is 0 Å². The summed E-state index contributed by atoms with van der Waals surface area (Å²) in [5.74, 6) is 0.759. The predicted molar refractivity (Wildman–Crippen MR) is 223 cm³/mol. The number of aryl methyl sites for hydroxylation is 4. The first-order chi connectivity index (χ1) is 28.4. The monoisotopic (exact) mass is 802 g/mol. The molecule has 2 fully saturated rings. The lowest BCUT2D eigenvalue weighted by Gasteiger charge is -2.30. The number of ether oxygens (including phenoxy) is 2. The first-order valence-corrected chi connectivity index (χ1v) is 21.0. The average Bonchev–Trinajstić information content (AvgIpc) is 4.07. The van der Waals surface area contributed by atoms with Crippen molar-refractivity contribution in [1.82, 2.24) is 35.1 Å². The van der Waals surface area contributed by atoms with Crippen LogP contribution < -0.4 is 5.32 Å². The molecule has 0 saturated carbocycles.